The number of rotatable bonds is 16. The van der Waals surface area contributed by atoms with E-state index in [1.807, 2.05) is 12.2 Å². The van der Waals surface area contributed by atoms with E-state index in [9.17, 15) is 4.79 Å². The zero-order valence-corrected chi connectivity index (χ0v) is 20.0. The molecule has 30 heavy (non-hydrogen) atoms. The summed E-state index contributed by atoms with van der Waals surface area (Å²) >= 11 is 0. The Hall–Kier alpha value is -2.13. The lowest BCUT2D eigenvalue weighted by molar-refractivity contribution is -0.870. The van der Waals surface area contributed by atoms with Crippen LogP contribution in [0, 0.1) is 0 Å². The molecule has 0 aromatic heterocycles. The van der Waals surface area contributed by atoms with Gasteiger partial charge >= 0.3 is 5.97 Å². The molecule has 0 rings (SSSR count). The second-order valence-corrected chi connectivity index (χ2v) is 8.40. The van der Waals surface area contributed by atoms with E-state index in [1.54, 1.807) is 0 Å². The van der Waals surface area contributed by atoms with Crippen molar-refractivity contribution in [2.24, 2.45) is 0 Å². The maximum Gasteiger partial charge on any atom is 0.309 e. The molecule has 0 unspecified atom stereocenters. The molecule has 0 heterocycles. The van der Waals surface area contributed by atoms with E-state index in [4.69, 9.17) is 4.74 Å². The second-order valence-electron chi connectivity index (χ2n) is 8.40. The Morgan fingerprint density at radius 3 is 1.80 bits per heavy atom. The van der Waals surface area contributed by atoms with E-state index >= 15 is 0 Å². The van der Waals surface area contributed by atoms with Gasteiger partial charge in [-0.2, -0.15) is 0 Å². The highest BCUT2D eigenvalue weighted by Crippen LogP contribution is 2.04. The van der Waals surface area contributed by atoms with Crippen LogP contribution in [-0.2, 0) is 9.53 Å². The second kappa shape index (κ2) is 18.9. The summed E-state index contributed by atoms with van der Waals surface area (Å²) in [7, 11) is 6.25. The zero-order valence-electron chi connectivity index (χ0n) is 20.0. The molecule has 0 spiro atoms. The van der Waals surface area contributed by atoms with Crippen LogP contribution in [0.5, 0.6) is 0 Å². The van der Waals surface area contributed by atoms with Gasteiger partial charge in [0.15, 0.2) is 0 Å². The first-order chi connectivity index (χ1) is 14.3. The lowest BCUT2D eigenvalue weighted by Gasteiger charge is -2.23. The molecule has 0 fully saturated rings. The standard InChI is InChI=1S/C27H44NO2/c1-6-7-8-9-12-15-18-21-26(2)22-19-16-13-10-11-14-17-20-23-27(29)30-25-24-28(3,4)5/h7-8,10-12,15-17,19-21H,6,9,13-14,18,22-25H2,1-5H3/q+1/b8-7-,11-10-,15-12-,19-16-,20-17-,26-21-. The van der Waals surface area contributed by atoms with Crippen LogP contribution < -0.4 is 0 Å². The lowest BCUT2D eigenvalue weighted by Crippen LogP contribution is -2.37. The maximum atomic E-state index is 11.6. The minimum absolute atomic E-state index is 0.154. The molecule has 0 aliphatic rings. The SMILES string of the molecule is CC/C=C\C/C=C\C/C=C(/C)C/C=C\C/C=C\C/C=C\CC(=O)OCC[N+](C)(C)C. The first kappa shape index (κ1) is 27.9. The first-order valence-electron chi connectivity index (χ1n) is 11.2. The topological polar surface area (TPSA) is 26.3 Å². The van der Waals surface area contributed by atoms with E-state index < -0.39 is 0 Å². The molecule has 0 saturated carbocycles. The van der Waals surface area contributed by atoms with Gasteiger partial charge in [0.05, 0.1) is 27.6 Å². The molecular formula is C27H44NO2+. The third kappa shape index (κ3) is 22.2. The van der Waals surface area contributed by atoms with Crippen molar-refractivity contribution in [2.75, 3.05) is 34.3 Å². The number of hydrogen-bond acceptors (Lipinski definition) is 2. The Morgan fingerprint density at radius 2 is 1.23 bits per heavy atom. The lowest BCUT2D eigenvalue weighted by atomic mass is 10.1. The summed E-state index contributed by atoms with van der Waals surface area (Å²) in [5.41, 5.74) is 1.40. The molecule has 0 bridgehead atoms. The van der Waals surface area contributed by atoms with Crippen LogP contribution in [0.1, 0.15) is 58.8 Å². The highest BCUT2D eigenvalue weighted by atomic mass is 16.5. The number of hydrogen-bond donors (Lipinski definition) is 0. The van der Waals surface area contributed by atoms with Gasteiger partial charge < -0.3 is 9.22 Å². The molecule has 3 nitrogen and oxygen atoms in total. The molecule has 0 atom stereocenters. The predicted molar refractivity (Wildman–Crippen MR) is 131 cm³/mol. The zero-order chi connectivity index (χ0) is 22.5. The van der Waals surface area contributed by atoms with Crippen molar-refractivity contribution in [1.82, 2.24) is 0 Å². The van der Waals surface area contributed by atoms with Crippen LogP contribution in [0.2, 0.25) is 0 Å². The first-order valence-corrected chi connectivity index (χ1v) is 11.2. The van der Waals surface area contributed by atoms with Gasteiger partial charge in [-0.15, -0.1) is 0 Å². The highest BCUT2D eigenvalue weighted by molar-refractivity contribution is 5.71. The summed E-state index contributed by atoms with van der Waals surface area (Å²) < 4.78 is 6.01. The van der Waals surface area contributed by atoms with Crippen molar-refractivity contribution in [2.45, 2.75) is 58.8 Å². The third-order valence-electron chi connectivity index (χ3n) is 4.24. The Balaban J connectivity index is 3.78. The number of ether oxygens (including phenoxy) is 1. The fraction of sp³-hybridized carbons (Fsp3) is 0.519. The normalized spacial score (nSPS) is 13.7. The molecule has 0 aromatic rings. The van der Waals surface area contributed by atoms with Gasteiger partial charge in [-0.05, 0) is 45.4 Å². The molecule has 168 valence electrons. The van der Waals surface area contributed by atoms with E-state index in [0.29, 0.717) is 13.0 Å². The molecule has 0 amide bonds. The van der Waals surface area contributed by atoms with Crippen molar-refractivity contribution < 1.29 is 14.0 Å². The summed E-state index contributed by atoms with van der Waals surface area (Å²) in [6.07, 6.45) is 30.1. The van der Waals surface area contributed by atoms with Gasteiger partial charge in [-0.3, -0.25) is 4.79 Å². The number of nitrogens with zero attached hydrogens (tertiary/aromatic N) is 1. The Labute approximate surface area is 185 Å². The van der Waals surface area contributed by atoms with Crippen LogP contribution in [0.15, 0.2) is 72.4 Å². The molecule has 0 aromatic carbocycles. The molecular weight excluding hydrogens is 370 g/mol. The number of likely N-dealkylation sites (N-methyl/N-ethyl adjacent to an activating group) is 1. The monoisotopic (exact) mass is 414 g/mol. The van der Waals surface area contributed by atoms with Gasteiger partial charge in [0.1, 0.15) is 13.2 Å². The number of esters is 1. The van der Waals surface area contributed by atoms with Crippen molar-refractivity contribution in [3.05, 3.63) is 72.4 Å². The average molecular weight is 415 g/mol. The minimum atomic E-state index is -0.154. The molecule has 0 N–H and O–H groups in total. The van der Waals surface area contributed by atoms with E-state index in [2.05, 4.69) is 89.7 Å². The van der Waals surface area contributed by atoms with Gasteiger partial charge in [0.2, 0.25) is 0 Å². The molecule has 0 radical (unpaired) electrons. The van der Waals surface area contributed by atoms with Crippen LogP contribution in [0.4, 0.5) is 0 Å². The fourth-order valence-electron chi connectivity index (χ4n) is 2.37. The summed E-state index contributed by atoms with van der Waals surface area (Å²) in [6, 6.07) is 0. The number of allylic oxidation sites excluding steroid dienone is 11. The van der Waals surface area contributed by atoms with Crippen LogP contribution >= 0.6 is 0 Å². The number of carbonyl (C=O) groups is 1. The van der Waals surface area contributed by atoms with Crippen molar-refractivity contribution >= 4 is 5.97 Å². The summed E-state index contributed by atoms with van der Waals surface area (Å²) in [5.74, 6) is -0.154. The predicted octanol–water partition coefficient (Wildman–Crippen LogP) is 6.71. The summed E-state index contributed by atoms with van der Waals surface area (Å²) in [5, 5.41) is 0. The van der Waals surface area contributed by atoms with Gasteiger partial charge in [-0.25, -0.2) is 0 Å². The molecule has 0 aliphatic carbocycles. The quantitative estimate of drug-likeness (QED) is 0.159. The fourth-order valence-corrected chi connectivity index (χ4v) is 2.37. The smallest absolute Gasteiger partial charge is 0.309 e. The van der Waals surface area contributed by atoms with E-state index in [1.165, 1.54) is 5.57 Å². The summed E-state index contributed by atoms with van der Waals surface area (Å²) in [6.45, 7) is 5.64. The number of carbonyl (C=O) groups excluding carboxylic acids is 1. The highest BCUT2D eigenvalue weighted by Gasteiger charge is 2.08. The molecule has 3 heteroatoms. The largest absolute Gasteiger partial charge is 0.459 e. The number of quaternary nitrogens is 1. The molecule has 0 aliphatic heterocycles. The van der Waals surface area contributed by atoms with Crippen molar-refractivity contribution in [3.8, 4) is 0 Å². The van der Waals surface area contributed by atoms with Gasteiger partial charge in [0.25, 0.3) is 0 Å². The summed E-state index contributed by atoms with van der Waals surface area (Å²) in [4.78, 5) is 11.6. The van der Waals surface area contributed by atoms with Gasteiger partial charge in [-0.1, -0.05) is 79.3 Å². The average Bonchev–Trinajstić information content (AvgIpc) is 2.67. The Bertz CT molecular complexity index is 613. The van der Waals surface area contributed by atoms with E-state index in [0.717, 1.165) is 49.6 Å². The van der Waals surface area contributed by atoms with Crippen LogP contribution in [-0.4, -0.2) is 44.7 Å². The maximum absolute atomic E-state index is 11.6. The van der Waals surface area contributed by atoms with Crippen LogP contribution in [0.3, 0.4) is 0 Å². The van der Waals surface area contributed by atoms with Crippen molar-refractivity contribution in [3.63, 3.8) is 0 Å². The van der Waals surface area contributed by atoms with E-state index in [-0.39, 0.29) is 5.97 Å². The van der Waals surface area contributed by atoms with Crippen molar-refractivity contribution in [1.29, 1.82) is 0 Å². The van der Waals surface area contributed by atoms with Gasteiger partial charge in [0, 0.05) is 0 Å². The molecule has 0 saturated heterocycles. The van der Waals surface area contributed by atoms with Crippen LogP contribution in [0.25, 0.3) is 0 Å². The Kier molecular flexibility index (Phi) is 17.5. The Morgan fingerprint density at radius 1 is 0.733 bits per heavy atom. The third-order valence-corrected chi connectivity index (χ3v) is 4.24. The minimum Gasteiger partial charge on any atom is -0.459 e.